The van der Waals surface area contributed by atoms with Crippen molar-refractivity contribution in [3.05, 3.63) is 47.6 Å². The Morgan fingerprint density at radius 1 is 1.17 bits per heavy atom. The Kier molecular flexibility index (Phi) is 8.49. The highest BCUT2D eigenvalue weighted by molar-refractivity contribution is 6.03. The van der Waals surface area contributed by atoms with Crippen molar-refractivity contribution in [2.45, 2.75) is 92.0 Å². The fraction of sp³-hybridized carbons (Fsp3) is 0.633. The van der Waals surface area contributed by atoms with Gasteiger partial charge >= 0.3 is 11.9 Å². The fourth-order valence-corrected chi connectivity index (χ4v) is 6.10. The minimum absolute atomic E-state index is 0.0547. The van der Waals surface area contributed by atoms with Gasteiger partial charge in [0.25, 0.3) is 0 Å². The number of carbonyl (C=O) groups is 3. The van der Waals surface area contributed by atoms with Gasteiger partial charge in [-0.2, -0.15) is 0 Å². The lowest BCUT2D eigenvalue weighted by molar-refractivity contribution is -0.168. The van der Waals surface area contributed by atoms with Crippen LogP contribution in [0.3, 0.4) is 0 Å². The van der Waals surface area contributed by atoms with Crippen molar-refractivity contribution in [3.8, 4) is 0 Å². The normalized spacial score (nSPS) is 38.8. The highest BCUT2D eigenvalue weighted by atomic mass is 16.6. The predicted octanol–water partition coefficient (Wildman–Crippen LogP) is 5.27. The molecule has 198 valence electrons. The molecule has 6 unspecified atom stereocenters. The first kappa shape index (κ1) is 28.1. The number of esters is 2. The van der Waals surface area contributed by atoms with E-state index in [2.05, 4.69) is 20.8 Å². The molecule has 0 bridgehead atoms. The Morgan fingerprint density at radius 2 is 1.86 bits per heavy atom. The first-order valence-electron chi connectivity index (χ1n) is 13.2. The van der Waals surface area contributed by atoms with Crippen molar-refractivity contribution < 1.29 is 29.0 Å². The smallest absolute Gasteiger partial charge is 0.331 e. The number of allylic oxidation sites excluding steroid dienone is 4. The maximum Gasteiger partial charge on any atom is 0.331 e. The van der Waals surface area contributed by atoms with Crippen molar-refractivity contribution in [2.24, 2.45) is 29.1 Å². The lowest BCUT2D eigenvalue weighted by Crippen LogP contribution is -2.48. The maximum atomic E-state index is 13.9. The summed E-state index contributed by atoms with van der Waals surface area (Å²) in [6.45, 7) is 13.2. The zero-order chi connectivity index (χ0) is 26.8. The van der Waals surface area contributed by atoms with Gasteiger partial charge in [-0.25, -0.2) is 4.79 Å². The number of ether oxygens (including phenoxy) is 2. The second-order valence-corrected chi connectivity index (χ2v) is 11.5. The zero-order valence-corrected chi connectivity index (χ0v) is 22.7. The average Bonchev–Trinajstić information content (AvgIpc) is 3.21. The van der Waals surface area contributed by atoms with Crippen LogP contribution >= 0.6 is 0 Å². The Bertz CT molecular complexity index is 999. The van der Waals surface area contributed by atoms with E-state index >= 15 is 0 Å². The number of hydrogen-bond donors (Lipinski definition) is 1. The van der Waals surface area contributed by atoms with Gasteiger partial charge < -0.3 is 14.6 Å². The molecule has 0 aliphatic heterocycles. The molecule has 36 heavy (non-hydrogen) atoms. The fourth-order valence-electron chi connectivity index (χ4n) is 6.10. The van der Waals surface area contributed by atoms with E-state index in [9.17, 15) is 19.5 Å². The van der Waals surface area contributed by atoms with Crippen molar-refractivity contribution in [1.82, 2.24) is 0 Å². The molecule has 0 aromatic rings. The molecule has 1 N–H and O–H groups in total. The van der Waals surface area contributed by atoms with Crippen LogP contribution in [0.15, 0.2) is 47.6 Å². The third kappa shape index (κ3) is 5.59. The van der Waals surface area contributed by atoms with E-state index in [0.717, 1.165) is 18.4 Å². The van der Waals surface area contributed by atoms with E-state index in [1.165, 1.54) is 13.0 Å². The molecule has 2 saturated carbocycles. The molecule has 3 aliphatic rings. The van der Waals surface area contributed by atoms with Crippen LogP contribution in [-0.4, -0.2) is 40.6 Å². The topological polar surface area (TPSA) is 89.9 Å². The van der Waals surface area contributed by atoms with Gasteiger partial charge in [-0.3, -0.25) is 9.59 Å². The molecule has 6 heteroatoms. The Balaban J connectivity index is 2.03. The average molecular weight is 499 g/mol. The molecular formula is C30H42O6. The summed E-state index contributed by atoms with van der Waals surface area (Å²) in [4.78, 5) is 38.7. The minimum atomic E-state index is -1.48. The summed E-state index contributed by atoms with van der Waals surface area (Å²) in [5, 5.41) is 11.1. The van der Waals surface area contributed by atoms with Crippen LogP contribution in [-0.2, 0) is 23.9 Å². The van der Waals surface area contributed by atoms with Crippen LogP contribution in [0, 0.1) is 29.1 Å². The lowest BCUT2D eigenvalue weighted by atomic mass is 9.80. The summed E-state index contributed by atoms with van der Waals surface area (Å²) in [6.07, 6.45) is 12.2. The summed E-state index contributed by atoms with van der Waals surface area (Å²) >= 11 is 0. The predicted molar refractivity (Wildman–Crippen MR) is 139 cm³/mol. The summed E-state index contributed by atoms with van der Waals surface area (Å²) < 4.78 is 11.7. The van der Waals surface area contributed by atoms with Gasteiger partial charge in [0.2, 0.25) is 5.78 Å². The number of fused-ring (bicyclic) bond motifs is 2. The van der Waals surface area contributed by atoms with Gasteiger partial charge in [0, 0.05) is 19.4 Å². The van der Waals surface area contributed by atoms with E-state index in [1.807, 2.05) is 32.1 Å². The molecule has 3 aliphatic carbocycles. The second kappa shape index (κ2) is 10.9. The summed E-state index contributed by atoms with van der Waals surface area (Å²) in [6, 6.07) is 0. The maximum absolute atomic E-state index is 13.9. The molecule has 6 nitrogen and oxygen atoms in total. The number of hydrogen-bond acceptors (Lipinski definition) is 6. The largest absolute Gasteiger partial charge is 0.455 e. The highest BCUT2D eigenvalue weighted by Gasteiger charge is 2.61. The molecule has 0 spiro atoms. The van der Waals surface area contributed by atoms with Crippen LogP contribution in [0.2, 0.25) is 0 Å². The van der Waals surface area contributed by atoms with Gasteiger partial charge in [-0.05, 0) is 61.0 Å². The van der Waals surface area contributed by atoms with Gasteiger partial charge in [0.05, 0.1) is 12.0 Å². The van der Waals surface area contributed by atoms with Crippen molar-refractivity contribution in [2.75, 3.05) is 0 Å². The first-order chi connectivity index (χ1) is 16.8. The van der Waals surface area contributed by atoms with Crippen LogP contribution < -0.4 is 0 Å². The summed E-state index contributed by atoms with van der Waals surface area (Å²) in [5.74, 6) is -1.87. The molecule has 2 fully saturated rings. The molecule has 3 rings (SSSR count). The van der Waals surface area contributed by atoms with Gasteiger partial charge in [0.1, 0.15) is 6.10 Å². The standard InChI is InChI=1S/C30H42O6/c1-8-9-10-11-12-13-26(32)35-25-16-23-22(29(23,6)7)15-19(3)28(34)30(36-21(5)31)17-20(4)27(33)24(30)14-18(25)2/h10-15,20,22-25,27,33H,8-9,16-17H2,1-7H3/b11-10+,13-12+,18-14-,19-15+/t20-,22?,23?,24?,25?,27?,30?/m0/s1. The second-order valence-electron chi connectivity index (χ2n) is 11.5. The van der Waals surface area contributed by atoms with E-state index in [-0.39, 0.29) is 35.4 Å². The van der Waals surface area contributed by atoms with E-state index in [1.54, 1.807) is 19.1 Å². The molecule has 0 aromatic heterocycles. The Morgan fingerprint density at radius 3 is 2.50 bits per heavy atom. The van der Waals surface area contributed by atoms with Crippen molar-refractivity contribution in [3.63, 3.8) is 0 Å². The zero-order valence-electron chi connectivity index (χ0n) is 22.7. The Hall–Kier alpha value is -2.47. The lowest BCUT2D eigenvalue weighted by Gasteiger charge is -2.34. The van der Waals surface area contributed by atoms with E-state index in [0.29, 0.717) is 12.0 Å². The monoisotopic (exact) mass is 498 g/mol. The molecule has 0 saturated heterocycles. The third-order valence-corrected chi connectivity index (χ3v) is 8.36. The number of carbonyl (C=O) groups excluding carboxylic acids is 3. The number of aliphatic hydroxyl groups is 1. The van der Waals surface area contributed by atoms with Crippen LogP contribution in [0.4, 0.5) is 0 Å². The van der Waals surface area contributed by atoms with Crippen molar-refractivity contribution in [1.29, 1.82) is 0 Å². The third-order valence-electron chi connectivity index (χ3n) is 8.36. The van der Waals surface area contributed by atoms with Crippen molar-refractivity contribution >= 4 is 17.7 Å². The molecule has 0 aromatic carbocycles. The molecule has 0 amide bonds. The van der Waals surface area contributed by atoms with E-state index < -0.39 is 35.7 Å². The molecule has 7 atom stereocenters. The van der Waals surface area contributed by atoms with E-state index in [4.69, 9.17) is 9.47 Å². The SMILES string of the molecule is CCC/C=C/C=C/C(=O)OC1CC2C(/C=C(\C)C(=O)C3(OC(C)=O)C[C@H](C)C(O)C3/C=C\1C)C2(C)C. The Labute approximate surface area is 215 Å². The van der Waals surface area contributed by atoms with Crippen LogP contribution in [0.5, 0.6) is 0 Å². The summed E-state index contributed by atoms with van der Waals surface area (Å²) in [5.41, 5.74) is -0.238. The van der Waals surface area contributed by atoms with Gasteiger partial charge in [-0.15, -0.1) is 0 Å². The minimum Gasteiger partial charge on any atom is -0.455 e. The first-order valence-corrected chi connectivity index (χ1v) is 13.2. The van der Waals surface area contributed by atoms with Crippen LogP contribution in [0.1, 0.15) is 74.1 Å². The molecule has 0 radical (unpaired) electrons. The highest BCUT2D eigenvalue weighted by Crippen LogP contribution is 2.62. The number of unbranched alkanes of at least 4 members (excludes halogenated alkanes) is 1. The quantitative estimate of drug-likeness (QED) is 0.232. The summed E-state index contributed by atoms with van der Waals surface area (Å²) in [7, 11) is 0. The van der Waals surface area contributed by atoms with Crippen LogP contribution in [0.25, 0.3) is 0 Å². The molecular weight excluding hydrogens is 456 g/mol. The van der Waals surface area contributed by atoms with Gasteiger partial charge in [0.15, 0.2) is 5.60 Å². The number of Topliss-reactive ketones (excluding diaryl/α,β-unsaturated/α-hetero) is 1. The number of rotatable bonds is 6. The molecule has 0 heterocycles. The number of aliphatic hydroxyl groups excluding tert-OH is 1. The van der Waals surface area contributed by atoms with Gasteiger partial charge in [-0.1, -0.05) is 64.5 Å². The number of ketones is 1.